The van der Waals surface area contributed by atoms with Gasteiger partial charge in [-0.3, -0.25) is 9.38 Å². The van der Waals surface area contributed by atoms with E-state index in [1.807, 2.05) is 6.07 Å². The van der Waals surface area contributed by atoms with Crippen molar-refractivity contribution in [3.8, 4) is 11.3 Å². The molecule has 3 heterocycles. The molecule has 5 heteroatoms. The first-order valence-corrected chi connectivity index (χ1v) is 5.10. The lowest BCUT2D eigenvalue weighted by Gasteiger charge is -1.97. The third-order valence-corrected chi connectivity index (χ3v) is 2.57. The average molecular weight is 228 g/mol. The largest absolute Gasteiger partial charge is 0.383 e. The molecule has 0 aliphatic carbocycles. The number of nitrogens with two attached hydrogens (primary N) is 1. The third-order valence-electron chi connectivity index (χ3n) is 2.57. The fourth-order valence-electron chi connectivity index (χ4n) is 1.77. The van der Waals surface area contributed by atoms with E-state index in [1.54, 1.807) is 30.7 Å². The first kappa shape index (κ1) is 9.77. The van der Waals surface area contributed by atoms with Crippen LogP contribution in [0.25, 0.3) is 16.9 Å². The van der Waals surface area contributed by atoms with E-state index in [-0.39, 0.29) is 5.65 Å². The Bertz CT molecular complexity index is 676. The van der Waals surface area contributed by atoms with Gasteiger partial charge < -0.3 is 5.73 Å². The Labute approximate surface area is 96.6 Å². The Balaban J connectivity index is 2.32. The maximum Gasteiger partial charge on any atom is 0.175 e. The Kier molecular flexibility index (Phi) is 2.04. The van der Waals surface area contributed by atoms with Crippen molar-refractivity contribution in [3.05, 3.63) is 48.7 Å². The van der Waals surface area contributed by atoms with Gasteiger partial charge in [0.05, 0.1) is 0 Å². The number of hydrogen-bond acceptors (Lipinski definition) is 3. The summed E-state index contributed by atoms with van der Waals surface area (Å²) < 4.78 is 15.1. The zero-order chi connectivity index (χ0) is 11.8. The summed E-state index contributed by atoms with van der Waals surface area (Å²) in [5.74, 6) is 0.0156. The molecular weight excluding hydrogens is 219 g/mol. The highest BCUT2D eigenvalue weighted by Gasteiger charge is 2.13. The standard InChI is InChI=1S/C12H9FN4/c13-9-4-2-6-17-11(14)10(16-12(9)17)8-3-1-5-15-7-8/h1-7H,14H2. The van der Waals surface area contributed by atoms with E-state index in [2.05, 4.69) is 9.97 Å². The first-order chi connectivity index (χ1) is 8.27. The highest BCUT2D eigenvalue weighted by molar-refractivity contribution is 5.74. The zero-order valence-corrected chi connectivity index (χ0v) is 8.84. The van der Waals surface area contributed by atoms with Crippen LogP contribution in [0.1, 0.15) is 0 Å². The summed E-state index contributed by atoms with van der Waals surface area (Å²) >= 11 is 0. The van der Waals surface area contributed by atoms with Crippen molar-refractivity contribution in [1.82, 2.24) is 14.4 Å². The quantitative estimate of drug-likeness (QED) is 0.694. The lowest BCUT2D eigenvalue weighted by atomic mass is 10.2. The highest BCUT2D eigenvalue weighted by Crippen LogP contribution is 2.26. The van der Waals surface area contributed by atoms with Gasteiger partial charge in [-0.25, -0.2) is 9.37 Å². The molecule has 3 aromatic rings. The molecule has 0 radical (unpaired) electrons. The van der Waals surface area contributed by atoms with Crippen LogP contribution in [0.5, 0.6) is 0 Å². The van der Waals surface area contributed by atoms with Gasteiger partial charge in [0.15, 0.2) is 11.5 Å². The topological polar surface area (TPSA) is 56.2 Å². The van der Waals surface area contributed by atoms with E-state index in [0.29, 0.717) is 11.5 Å². The number of aromatic nitrogens is 3. The Morgan fingerprint density at radius 1 is 1.24 bits per heavy atom. The van der Waals surface area contributed by atoms with Crippen LogP contribution in [0, 0.1) is 5.82 Å². The molecule has 0 saturated carbocycles. The zero-order valence-electron chi connectivity index (χ0n) is 8.84. The number of nitrogen functional groups attached to an aromatic ring is 1. The SMILES string of the molecule is Nc1c(-c2cccnc2)nc2c(F)cccn12. The lowest BCUT2D eigenvalue weighted by molar-refractivity contribution is 0.630. The van der Waals surface area contributed by atoms with Crippen LogP contribution in [-0.4, -0.2) is 14.4 Å². The minimum Gasteiger partial charge on any atom is -0.383 e. The minimum atomic E-state index is -0.394. The summed E-state index contributed by atoms with van der Waals surface area (Å²) in [6, 6.07) is 6.57. The molecule has 0 aliphatic heterocycles. The van der Waals surface area contributed by atoms with Crippen molar-refractivity contribution in [1.29, 1.82) is 0 Å². The van der Waals surface area contributed by atoms with Crippen molar-refractivity contribution < 1.29 is 4.39 Å². The number of anilines is 1. The minimum absolute atomic E-state index is 0.226. The smallest absolute Gasteiger partial charge is 0.175 e. The van der Waals surface area contributed by atoms with Crippen LogP contribution in [0.4, 0.5) is 10.2 Å². The molecule has 3 aromatic heterocycles. The van der Waals surface area contributed by atoms with E-state index in [1.165, 1.54) is 10.5 Å². The fourth-order valence-corrected chi connectivity index (χ4v) is 1.77. The van der Waals surface area contributed by atoms with Crippen molar-refractivity contribution in [2.24, 2.45) is 0 Å². The normalized spacial score (nSPS) is 10.9. The first-order valence-electron chi connectivity index (χ1n) is 5.10. The Morgan fingerprint density at radius 3 is 2.82 bits per heavy atom. The second-order valence-corrected chi connectivity index (χ2v) is 3.64. The van der Waals surface area contributed by atoms with Crippen LogP contribution in [0.2, 0.25) is 0 Å². The van der Waals surface area contributed by atoms with Crippen LogP contribution in [-0.2, 0) is 0 Å². The van der Waals surface area contributed by atoms with Gasteiger partial charge in [0.1, 0.15) is 11.5 Å². The summed E-state index contributed by atoms with van der Waals surface area (Å²) in [4.78, 5) is 8.20. The Hall–Kier alpha value is -2.43. The van der Waals surface area contributed by atoms with Crippen molar-refractivity contribution >= 4 is 11.5 Å². The molecule has 17 heavy (non-hydrogen) atoms. The van der Waals surface area contributed by atoms with E-state index < -0.39 is 5.82 Å². The monoisotopic (exact) mass is 228 g/mol. The lowest BCUT2D eigenvalue weighted by Crippen LogP contribution is -1.94. The molecular formula is C12H9FN4. The molecule has 84 valence electrons. The maximum atomic E-state index is 13.5. The van der Waals surface area contributed by atoms with Crippen molar-refractivity contribution in [2.75, 3.05) is 5.73 Å². The summed E-state index contributed by atoms with van der Waals surface area (Å²) in [5.41, 5.74) is 7.49. The second-order valence-electron chi connectivity index (χ2n) is 3.64. The van der Waals surface area contributed by atoms with Crippen LogP contribution < -0.4 is 5.73 Å². The van der Waals surface area contributed by atoms with Crippen LogP contribution >= 0.6 is 0 Å². The molecule has 0 amide bonds. The van der Waals surface area contributed by atoms with Gasteiger partial charge in [-0.05, 0) is 24.3 Å². The number of imidazole rings is 1. The predicted molar refractivity (Wildman–Crippen MR) is 62.8 cm³/mol. The highest BCUT2D eigenvalue weighted by atomic mass is 19.1. The molecule has 0 aliphatic rings. The van der Waals surface area contributed by atoms with Crippen LogP contribution in [0.3, 0.4) is 0 Å². The van der Waals surface area contributed by atoms with E-state index in [9.17, 15) is 4.39 Å². The van der Waals surface area contributed by atoms with E-state index in [4.69, 9.17) is 5.73 Å². The van der Waals surface area contributed by atoms with E-state index in [0.717, 1.165) is 5.56 Å². The molecule has 0 spiro atoms. The summed E-state index contributed by atoms with van der Waals surface area (Å²) in [6.07, 6.45) is 4.99. The van der Waals surface area contributed by atoms with Gasteiger partial charge in [0.25, 0.3) is 0 Å². The summed E-state index contributed by atoms with van der Waals surface area (Å²) in [6.45, 7) is 0. The fraction of sp³-hybridized carbons (Fsp3) is 0. The molecule has 2 N–H and O–H groups in total. The molecule has 4 nitrogen and oxygen atoms in total. The van der Waals surface area contributed by atoms with Gasteiger partial charge in [-0.15, -0.1) is 0 Å². The number of halogens is 1. The van der Waals surface area contributed by atoms with Gasteiger partial charge >= 0.3 is 0 Å². The molecule has 0 fully saturated rings. The summed E-state index contributed by atoms with van der Waals surface area (Å²) in [7, 11) is 0. The van der Waals surface area contributed by atoms with Gasteiger partial charge in [0.2, 0.25) is 0 Å². The summed E-state index contributed by atoms with van der Waals surface area (Å²) in [5, 5.41) is 0. The van der Waals surface area contributed by atoms with Crippen LogP contribution in [0.15, 0.2) is 42.9 Å². The number of rotatable bonds is 1. The molecule has 3 rings (SSSR count). The molecule has 0 saturated heterocycles. The number of hydrogen-bond donors (Lipinski definition) is 1. The predicted octanol–water partition coefficient (Wildman–Crippen LogP) is 2.12. The third kappa shape index (κ3) is 1.44. The molecule has 0 aromatic carbocycles. The molecule has 0 bridgehead atoms. The van der Waals surface area contributed by atoms with Gasteiger partial charge in [0, 0.05) is 24.2 Å². The van der Waals surface area contributed by atoms with E-state index >= 15 is 0 Å². The molecule has 0 unspecified atom stereocenters. The van der Waals surface area contributed by atoms with Gasteiger partial charge in [-0.2, -0.15) is 0 Å². The van der Waals surface area contributed by atoms with Gasteiger partial charge in [-0.1, -0.05) is 0 Å². The number of fused-ring (bicyclic) bond motifs is 1. The maximum absolute atomic E-state index is 13.5. The average Bonchev–Trinajstić information content (AvgIpc) is 2.70. The van der Waals surface area contributed by atoms with Crippen molar-refractivity contribution in [2.45, 2.75) is 0 Å². The number of pyridine rings is 2. The van der Waals surface area contributed by atoms with Crippen molar-refractivity contribution in [3.63, 3.8) is 0 Å². The Morgan fingerprint density at radius 2 is 2.12 bits per heavy atom. The second kappa shape index (κ2) is 3.55. The number of nitrogens with zero attached hydrogens (tertiary/aromatic N) is 3. The molecule has 0 atom stereocenters.